The Bertz CT molecular complexity index is 506. The average molecular weight is 259 g/mol. The van der Waals surface area contributed by atoms with Crippen LogP contribution < -0.4 is 10.6 Å². The molecule has 0 aromatic carbocycles. The molecule has 2 rings (SSSR count). The van der Waals surface area contributed by atoms with Crippen molar-refractivity contribution in [2.24, 2.45) is 0 Å². The molecule has 0 saturated heterocycles. The van der Waals surface area contributed by atoms with Crippen molar-refractivity contribution >= 4 is 11.7 Å². The Morgan fingerprint density at radius 3 is 2.95 bits per heavy atom. The van der Waals surface area contributed by atoms with Gasteiger partial charge in [0.15, 0.2) is 0 Å². The van der Waals surface area contributed by atoms with Crippen LogP contribution in [0.15, 0.2) is 36.8 Å². The summed E-state index contributed by atoms with van der Waals surface area (Å²) in [6.45, 7) is 1.41. The van der Waals surface area contributed by atoms with Gasteiger partial charge in [0.25, 0.3) is 5.91 Å². The summed E-state index contributed by atoms with van der Waals surface area (Å²) in [5.41, 5.74) is 0.568. The van der Waals surface area contributed by atoms with Gasteiger partial charge in [-0.25, -0.2) is 4.98 Å². The quantitative estimate of drug-likeness (QED) is 0.763. The number of nitrogens with zero attached hydrogens (tertiary/aromatic N) is 3. The first-order valence-electron chi connectivity index (χ1n) is 6.19. The number of carbonyl (C=O) groups is 1. The SMILES string of the molecule is CNc1ccc(C(=O)NCCCn2cccn2)cn1. The molecule has 6 nitrogen and oxygen atoms in total. The molecular formula is C13H17N5O. The fourth-order valence-corrected chi connectivity index (χ4v) is 1.65. The Morgan fingerprint density at radius 1 is 1.42 bits per heavy atom. The number of pyridine rings is 1. The summed E-state index contributed by atoms with van der Waals surface area (Å²) in [5, 5.41) is 9.86. The normalized spacial score (nSPS) is 10.2. The molecule has 0 aliphatic rings. The van der Waals surface area contributed by atoms with Gasteiger partial charge in [0.2, 0.25) is 0 Å². The van der Waals surface area contributed by atoms with E-state index in [1.54, 1.807) is 31.6 Å². The lowest BCUT2D eigenvalue weighted by atomic mass is 10.2. The number of aryl methyl sites for hydroxylation is 1. The molecule has 0 unspecified atom stereocenters. The van der Waals surface area contributed by atoms with Crippen LogP contribution in [0.4, 0.5) is 5.82 Å². The van der Waals surface area contributed by atoms with Crippen LogP contribution in [-0.2, 0) is 6.54 Å². The Morgan fingerprint density at radius 2 is 2.32 bits per heavy atom. The minimum absolute atomic E-state index is 0.101. The first kappa shape index (κ1) is 13.1. The molecular weight excluding hydrogens is 242 g/mol. The predicted octanol–water partition coefficient (Wildman–Crippen LogP) is 1.14. The standard InChI is InChI=1S/C13H17N5O/c1-14-12-5-4-11(10-16-12)13(19)15-6-2-8-18-9-3-7-17-18/h3-5,7,9-10H,2,6,8H2,1H3,(H,14,16)(H,15,19). The van der Waals surface area contributed by atoms with E-state index in [9.17, 15) is 4.79 Å². The van der Waals surface area contributed by atoms with Crippen LogP contribution in [0.25, 0.3) is 0 Å². The molecule has 0 aliphatic carbocycles. The zero-order valence-electron chi connectivity index (χ0n) is 10.8. The van der Waals surface area contributed by atoms with E-state index in [1.165, 1.54) is 0 Å². The summed E-state index contributed by atoms with van der Waals surface area (Å²) >= 11 is 0. The maximum Gasteiger partial charge on any atom is 0.252 e. The van der Waals surface area contributed by atoms with Gasteiger partial charge >= 0.3 is 0 Å². The van der Waals surface area contributed by atoms with Crippen molar-refractivity contribution < 1.29 is 4.79 Å². The van der Waals surface area contributed by atoms with E-state index in [4.69, 9.17) is 0 Å². The second kappa shape index (κ2) is 6.53. The van der Waals surface area contributed by atoms with E-state index in [-0.39, 0.29) is 5.91 Å². The number of aromatic nitrogens is 3. The van der Waals surface area contributed by atoms with E-state index < -0.39 is 0 Å². The molecule has 2 aromatic heterocycles. The highest BCUT2D eigenvalue weighted by Gasteiger charge is 2.04. The Hall–Kier alpha value is -2.37. The number of carbonyl (C=O) groups excluding carboxylic acids is 1. The molecule has 1 amide bonds. The molecule has 19 heavy (non-hydrogen) atoms. The van der Waals surface area contributed by atoms with Crippen LogP contribution in [0, 0.1) is 0 Å². The second-order valence-corrected chi connectivity index (χ2v) is 4.06. The largest absolute Gasteiger partial charge is 0.373 e. The van der Waals surface area contributed by atoms with Crippen molar-refractivity contribution in [2.75, 3.05) is 18.9 Å². The van der Waals surface area contributed by atoms with Crippen LogP contribution >= 0.6 is 0 Å². The molecule has 0 radical (unpaired) electrons. The number of hydrogen-bond acceptors (Lipinski definition) is 4. The summed E-state index contributed by atoms with van der Waals surface area (Å²) in [7, 11) is 1.79. The van der Waals surface area contributed by atoms with Gasteiger partial charge < -0.3 is 10.6 Å². The van der Waals surface area contributed by atoms with Gasteiger partial charge in [-0.05, 0) is 24.6 Å². The highest BCUT2D eigenvalue weighted by molar-refractivity contribution is 5.93. The van der Waals surface area contributed by atoms with E-state index >= 15 is 0 Å². The highest BCUT2D eigenvalue weighted by Crippen LogP contribution is 2.03. The molecule has 0 fully saturated rings. The minimum atomic E-state index is -0.101. The third kappa shape index (κ3) is 3.80. The van der Waals surface area contributed by atoms with E-state index in [2.05, 4.69) is 20.7 Å². The van der Waals surface area contributed by atoms with Gasteiger partial charge in [-0.2, -0.15) is 5.10 Å². The summed E-state index contributed by atoms with van der Waals surface area (Å²) in [5.74, 6) is 0.644. The van der Waals surface area contributed by atoms with Crippen molar-refractivity contribution in [3.63, 3.8) is 0 Å². The zero-order chi connectivity index (χ0) is 13.5. The van der Waals surface area contributed by atoms with Gasteiger partial charge in [0, 0.05) is 38.7 Å². The lowest BCUT2D eigenvalue weighted by Crippen LogP contribution is -2.25. The molecule has 2 aromatic rings. The fraction of sp³-hybridized carbons (Fsp3) is 0.308. The van der Waals surface area contributed by atoms with Gasteiger partial charge in [-0.15, -0.1) is 0 Å². The van der Waals surface area contributed by atoms with Crippen molar-refractivity contribution in [3.8, 4) is 0 Å². The van der Waals surface area contributed by atoms with Gasteiger partial charge in [-0.1, -0.05) is 0 Å². The number of amides is 1. The van der Waals surface area contributed by atoms with Gasteiger partial charge in [0.1, 0.15) is 5.82 Å². The monoisotopic (exact) mass is 259 g/mol. The van der Waals surface area contributed by atoms with E-state index in [0.29, 0.717) is 12.1 Å². The molecule has 0 saturated carbocycles. The number of rotatable bonds is 6. The average Bonchev–Trinajstić information content (AvgIpc) is 2.96. The maximum absolute atomic E-state index is 11.8. The number of nitrogens with one attached hydrogen (secondary N) is 2. The van der Waals surface area contributed by atoms with Crippen molar-refractivity contribution in [3.05, 3.63) is 42.4 Å². The molecule has 2 heterocycles. The fourth-order valence-electron chi connectivity index (χ4n) is 1.65. The molecule has 0 atom stereocenters. The third-order valence-corrected chi connectivity index (χ3v) is 2.69. The van der Waals surface area contributed by atoms with Crippen LogP contribution in [0.3, 0.4) is 0 Å². The van der Waals surface area contributed by atoms with E-state index in [0.717, 1.165) is 18.8 Å². The lowest BCUT2D eigenvalue weighted by molar-refractivity contribution is 0.0952. The number of anilines is 1. The maximum atomic E-state index is 11.8. The van der Waals surface area contributed by atoms with Gasteiger partial charge in [-0.3, -0.25) is 9.48 Å². The Labute approximate surface area is 111 Å². The smallest absolute Gasteiger partial charge is 0.252 e. The molecule has 0 spiro atoms. The van der Waals surface area contributed by atoms with Gasteiger partial charge in [0.05, 0.1) is 5.56 Å². The Balaban J connectivity index is 1.74. The van der Waals surface area contributed by atoms with E-state index in [1.807, 2.05) is 16.9 Å². The summed E-state index contributed by atoms with van der Waals surface area (Å²) in [6.07, 6.45) is 6.06. The second-order valence-electron chi connectivity index (χ2n) is 4.06. The minimum Gasteiger partial charge on any atom is -0.373 e. The molecule has 0 aliphatic heterocycles. The zero-order valence-corrected chi connectivity index (χ0v) is 10.8. The van der Waals surface area contributed by atoms with Crippen molar-refractivity contribution in [1.29, 1.82) is 0 Å². The lowest BCUT2D eigenvalue weighted by Gasteiger charge is -2.06. The summed E-state index contributed by atoms with van der Waals surface area (Å²) in [6, 6.07) is 5.41. The van der Waals surface area contributed by atoms with Crippen LogP contribution in [0.5, 0.6) is 0 Å². The Kier molecular flexibility index (Phi) is 4.49. The van der Waals surface area contributed by atoms with Crippen LogP contribution in [0.1, 0.15) is 16.8 Å². The highest BCUT2D eigenvalue weighted by atomic mass is 16.1. The van der Waals surface area contributed by atoms with Crippen LogP contribution in [-0.4, -0.2) is 34.3 Å². The van der Waals surface area contributed by atoms with Crippen molar-refractivity contribution in [1.82, 2.24) is 20.1 Å². The topological polar surface area (TPSA) is 71.8 Å². The molecule has 0 bridgehead atoms. The predicted molar refractivity (Wildman–Crippen MR) is 73.0 cm³/mol. The molecule has 2 N–H and O–H groups in total. The number of hydrogen-bond donors (Lipinski definition) is 2. The summed E-state index contributed by atoms with van der Waals surface area (Å²) < 4.78 is 1.84. The third-order valence-electron chi connectivity index (χ3n) is 2.69. The van der Waals surface area contributed by atoms with Crippen LogP contribution in [0.2, 0.25) is 0 Å². The van der Waals surface area contributed by atoms with Crippen molar-refractivity contribution in [2.45, 2.75) is 13.0 Å². The first-order valence-corrected chi connectivity index (χ1v) is 6.19. The molecule has 100 valence electrons. The molecule has 6 heteroatoms. The summed E-state index contributed by atoms with van der Waals surface area (Å²) in [4.78, 5) is 15.9. The first-order chi connectivity index (χ1) is 9.29.